The molecule has 2 aliphatic heterocycles. The van der Waals surface area contributed by atoms with Crippen molar-refractivity contribution in [1.82, 2.24) is 19.4 Å². The number of amides is 1. The molecule has 4 heterocycles. The average Bonchev–Trinajstić information content (AvgIpc) is 3.33. The maximum atomic E-state index is 15.3. The lowest BCUT2D eigenvalue weighted by Crippen LogP contribution is -2.49. The Morgan fingerprint density at radius 1 is 1.08 bits per heavy atom. The van der Waals surface area contributed by atoms with E-state index in [4.69, 9.17) is 4.74 Å². The zero-order valence-electron chi connectivity index (χ0n) is 21.3. The predicted molar refractivity (Wildman–Crippen MR) is 141 cm³/mol. The summed E-state index contributed by atoms with van der Waals surface area (Å²) in [6.45, 7) is 11.1. The van der Waals surface area contributed by atoms with E-state index in [1.165, 1.54) is 5.57 Å². The van der Waals surface area contributed by atoms with Crippen LogP contribution in [0.3, 0.4) is 0 Å². The summed E-state index contributed by atoms with van der Waals surface area (Å²) in [6.07, 6.45) is 6.54. The van der Waals surface area contributed by atoms with Crippen LogP contribution in [0.15, 0.2) is 48.8 Å². The van der Waals surface area contributed by atoms with Gasteiger partial charge in [0.15, 0.2) is 0 Å². The van der Waals surface area contributed by atoms with Gasteiger partial charge >= 0.3 is 6.09 Å². The van der Waals surface area contributed by atoms with Crippen LogP contribution in [-0.4, -0.2) is 77.4 Å². The Hall–Kier alpha value is -3.39. The SMILES string of the molecule is CCOC(=O)N1CCN(c2ccnn3cc(-c4ccc(C5=CCN(C(C)C)CC5)cc4F)cc23)CC1. The molecule has 0 atom stereocenters. The molecule has 1 saturated heterocycles. The molecule has 0 bridgehead atoms. The zero-order chi connectivity index (χ0) is 25.2. The second-order valence-electron chi connectivity index (χ2n) is 9.71. The first-order valence-corrected chi connectivity index (χ1v) is 12.8. The minimum Gasteiger partial charge on any atom is -0.450 e. The molecule has 1 aromatic carbocycles. The molecule has 0 radical (unpaired) electrons. The van der Waals surface area contributed by atoms with Crippen molar-refractivity contribution in [2.75, 3.05) is 50.8 Å². The first-order valence-electron chi connectivity index (χ1n) is 12.8. The van der Waals surface area contributed by atoms with Gasteiger partial charge in [0.2, 0.25) is 0 Å². The monoisotopic (exact) mass is 491 g/mol. The van der Waals surface area contributed by atoms with Gasteiger partial charge in [-0.15, -0.1) is 0 Å². The number of anilines is 1. The Morgan fingerprint density at radius 2 is 1.89 bits per heavy atom. The lowest BCUT2D eigenvalue weighted by atomic mass is 9.96. The Bertz CT molecular complexity index is 1280. The summed E-state index contributed by atoms with van der Waals surface area (Å²) in [6, 6.07) is 10.1. The molecule has 0 aliphatic carbocycles. The molecule has 5 rings (SSSR count). The predicted octanol–water partition coefficient (Wildman–Crippen LogP) is 4.92. The Labute approximate surface area is 211 Å². The number of benzene rings is 1. The van der Waals surface area contributed by atoms with Crippen molar-refractivity contribution in [1.29, 1.82) is 0 Å². The van der Waals surface area contributed by atoms with Crippen LogP contribution in [0.1, 0.15) is 32.8 Å². The van der Waals surface area contributed by atoms with E-state index in [1.54, 1.807) is 21.7 Å². The summed E-state index contributed by atoms with van der Waals surface area (Å²) in [7, 11) is 0. The number of halogens is 1. The minimum absolute atomic E-state index is 0.222. The van der Waals surface area contributed by atoms with Gasteiger partial charge in [-0.1, -0.05) is 18.2 Å². The van der Waals surface area contributed by atoms with E-state index >= 15 is 4.39 Å². The number of nitrogens with zero attached hydrogens (tertiary/aromatic N) is 5. The third-order valence-corrected chi connectivity index (χ3v) is 7.25. The third kappa shape index (κ3) is 4.82. The fourth-order valence-electron chi connectivity index (χ4n) is 5.12. The maximum absolute atomic E-state index is 15.3. The van der Waals surface area contributed by atoms with Gasteiger partial charge in [-0.05, 0) is 56.5 Å². The molecule has 1 amide bonds. The summed E-state index contributed by atoms with van der Waals surface area (Å²) < 4.78 is 22.3. The van der Waals surface area contributed by atoms with Gasteiger partial charge in [-0.3, -0.25) is 4.90 Å². The highest BCUT2D eigenvalue weighted by atomic mass is 19.1. The van der Waals surface area contributed by atoms with Crippen LogP contribution in [0.4, 0.5) is 14.9 Å². The molecule has 0 spiro atoms. The molecule has 8 heteroatoms. The van der Waals surface area contributed by atoms with Crippen molar-refractivity contribution in [2.24, 2.45) is 0 Å². The Kier molecular flexibility index (Phi) is 6.96. The number of aromatic nitrogens is 2. The van der Waals surface area contributed by atoms with Gasteiger partial charge in [0.25, 0.3) is 0 Å². The topological polar surface area (TPSA) is 53.3 Å². The molecule has 2 aliphatic rings. The van der Waals surface area contributed by atoms with Gasteiger partial charge < -0.3 is 14.5 Å². The molecule has 36 heavy (non-hydrogen) atoms. The second-order valence-corrected chi connectivity index (χ2v) is 9.71. The summed E-state index contributed by atoms with van der Waals surface area (Å²) >= 11 is 0. The number of hydrogen-bond donors (Lipinski definition) is 0. The summed E-state index contributed by atoms with van der Waals surface area (Å²) in [5.41, 5.74) is 5.49. The lowest BCUT2D eigenvalue weighted by Gasteiger charge is -2.35. The number of piperazine rings is 1. The molecule has 1 fully saturated rings. The Balaban J connectivity index is 1.36. The standard InChI is InChI=1S/C28H34FN5O2/c1-4-36-28(35)33-15-13-32(14-16-33)26-7-10-30-34-19-23(18-27(26)34)24-6-5-22(17-25(24)29)21-8-11-31(12-9-21)20(2)3/h5-8,10,17-20H,4,9,11-16H2,1-3H3. The highest BCUT2D eigenvalue weighted by Crippen LogP contribution is 2.32. The largest absolute Gasteiger partial charge is 0.450 e. The number of ether oxygens (including phenoxy) is 1. The fourth-order valence-corrected chi connectivity index (χ4v) is 5.12. The van der Waals surface area contributed by atoms with Crippen LogP contribution >= 0.6 is 0 Å². The van der Waals surface area contributed by atoms with Gasteiger partial charge in [-0.25, -0.2) is 13.7 Å². The van der Waals surface area contributed by atoms with E-state index in [9.17, 15) is 4.79 Å². The number of carbonyl (C=O) groups is 1. The number of fused-ring (bicyclic) bond motifs is 1. The third-order valence-electron chi connectivity index (χ3n) is 7.25. The molecule has 7 nitrogen and oxygen atoms in total. The first kappa shape index (κ1) is 24.3. The van der Waals surface area contributed by atoms with E-state index < -0.39 is 0 Å². The van der Waals surface area contributed by atoms with Crippen molar-refractivity contribution < 1.29 is 13.9 Å². The van der Waals surface area contributed by atoms with E-state index in [1.807, 2.05) is 37.4 Å². The Morgan fingerprint density at radius 3 is 2.56 bits per heavy atom. The average molecular weight is 492 g/mol. The molecular formula is C28H34FN5O2. The normalized spacial score (nSPS) is 17.1. The van der Waals surface area contributed by atoms with Gasteiger partial charge in [-0.2, -0.15) is 5.10 Å². The van der Waals surface area contributed by atoms with Gasteiger partial charge in [0, 0.05) is 68.8 Å². The van der Waals surface area contributed by atoms with Crippen LogP contribution < -0.4 is 4.90 Å². The van der Waals surface area contributed by atoms with Gasteiger partial charge in [0.1, 0.15) is 5.82 Å². The van der Waals surface area contributed by atoms with Crippen molar-refractivity contribution in [3.05, 3.63) is 60.2 Å². The highest BCUT2D eigenvalue weighted by Gasteiger charge is 2.24. The summed E-state index contributed by atoms with van der Waals surface area (Å²) in [5, 5.41) is 4.46. The molecule has 0 saturated carbocycles. The number of rotatable bonds is 5. The van der Waals surface area contributed by atoms with Crippen molar-refractivity contribution >= 4 is 22.9 Å². The molecule has 2 aromatic heterocycles. The maximum Gasteiger partial charge on any atom is 0.409 e. The van der Waals surface area contributed by atoms with E-state index in [-0.39, 0.29) is 11.9 Å². The smallest absolute Gasteiger partial charge is 0.409 e. The van der Waals surface area contributed by atoms with Crippen LogP contribution in [-0.2, 0) is 4.74 Å². The minimum atomic E-state index is -0.262. The van der Waals surface area contributed by atoms with Crippen molar-refractivity contribution in [2.45, 2.75) is 33.2 Å². The lowest BCUT2D eigenvalue weighted by molar-refractivity contribution is 0.105. The number of carbonyl (C=O) groups excluding carboxylic acids is 1. The molecule has 0 N–H and O–H groups in total. The number of hydrogen-bond acceptors (Lipinski definition) is 5. The molecular weight excluding hydrogens is 457 g/mol. The molecule has 3 aromatic rings. The van der Waals surface area contributed by atoms with Crippen molar-refractivity contribution in [3.8, 4) is 11.1 Å². The van der Waals surface area contributed by atoms with E-state index in [0.717, 1.165) is 41.8 Å². The van der Waals surface area contributed by atoms with E-state index in [0.29, 0.717) is 44.4 Å². The van der Waals surface area contributed by atoms with Crippen LogP contribution in [0.5, 0.6) is 0 Å². The van der Waals surface area contributed by atoms with Crippen molar-refractivity contribution in [3.63, 3.8) is 0 Å². The quantitative estimate of drug-likeness (QED) is 0.507. The van der Waals surface area contributed by atoms with Crippen LogP contribution in [0.25, 0.3) is 22.2 Å². The fraction of sp³-hybridized carbons (Fsp3) is 0.429. The van der Waals surface area contributed by atoms with Gasteiger partial charge in [0.05, 0.1) is 17.8 Å². The van der Waals surface area contributed by atoms with E-state index in [2.05, 4.69) is 34.8 Å². The summed E-state index contributed by atoms with van der Waals surface area (Å²) in [5.74, 6) is -0.222. The first-order chi connectivity index (χ1) is 17.4. The summed E-state index contributed by atoms with van der Waals surface area (Å²) in [4.78, 5) is 18.4. The van der Waals surface area contributed by atoms with Crippen LogP contribution in [0.2, 0.25) is 0 Å². The molecule has 0 unspecified atom stereocenters. The highest BCUT2D eigenvalue weighted by molar-refractivity contribution is 5.81. The second kappa shape index (κ2) is 10.3. The van der Waals surface area contributed by atoms with Crippen LogP contribution in [0, 0.1) is 5.82 Å². The zero-order valence-corrected chi connectivity index (χ0v) is 21.3. The molecule has 190 valence electrons.